The first-order valence-corrected chi connectivity index (χ1v) is 9.95. The first-order chi connectivity index (χ1) is 13.5. The quantitative estimate of drug-likeness (QED) is 0.641. The molecule has 0 saturated heterocycles. The van der Waals surface area contributed by atoms with Gasteiger partial charge in [-0.05, 0) is 29.8 Å². The fraction of sp³-hybridized carbons (Fsp3) is 0.111. The molecule has 11 heteroatoms. The number of amides is 1. The third-order valence-corrected chi connectivity index (χ3v) is 5.31. The van der Waals surface area contributed by atoms with Crippen LogP contribution in [0.5, 0.6) is 0 Å². The van der Waals surface area contributed by atoms with Crippen LogP contribution in [0.25, 0.3) is 10.9 Å². The topological polar surface area (TPSA) is 102 Å². The van der Waals surface area contributed by atoms with Gasteiger partial charge in [-0.15, -0.1) is 0 Å². The summed E-state index contributed by atoms with van der Waals surface area (Å²) in [6, 6.07) is 9.23. The Hall–Kier alpha value is -2.69. The highest BCUT2D eigenvalue weighted by molar-refractivity contribution is 7.89. The Morgan fingerprint density at radius 1 is 1.17 bits per heavy atom. The van der Waals surface area contributed by atoms with Crippen LogP contribution in [0.4, 0.5) is 18.9 Å². The van der Waals surface area contributed by atoms with Gasteiger partial charge in [-0.3, -0.25) is 9.78 Å². The van der Waals surface area contributed by atoms with E-state index in [4.69, 9.17) is 16.7 Å². The molecule has 0 spiro atoms. The molecule has 0 radical (unpaired) electrons. The number of primary sulfonamides is 1. The largest absolute Gasteiger partial charge is 0.417 e. The lowest BCUT2D eigenvalue weighted by Gasteiger charge is -2.14. The van der Waals surface area contributed by atoms with Crippen molar-refractivity contribution in [1.82, 2.24) is 4.98 Å². The molecule has 3 rings (SSSR count). The first-order valence-electron chi connectivity index (χ1n) is 8.03. The minimum atomic E-state index is -4.77. The van der Waals surface area contributed by atoms with Gasteiger partial charge in [-0.25, -0.2) is 13.6 Å². The van der Waals surface area contributed by atoms with Crippen LogP contribution in [0.15, 0.2) is 53.6 Å². The van der Waals surface area contributed by atoms with Crippen LogP contribution < -0.4 is 10.5 Å². The number of alkyl halides is 3. The molecule has 0 fully saturated rings. The van der Waals surface area contributed by atoms with Gasteiger partial charge in [-0.1, -0.05) is 29.8 Å². The number of sulfonamides is 1. The molecule has 3 aromatic rings. The number of pyridine rings is 1. The molecular formula is C18H13ClF3N3O3S. The van der Waals surface area contributed by atoms with Crippen LogP contribution in [-0.2, 0) is 27.4 Å². The second kappa shape index (κ2) is 7.62. The highest BCUT2D eigenvalue weighted by Gasteiger charge is 2.34. The highest BCUT2D eigenvalue weighted by Crippen LogP contribution is 2.37. The van der Waals surface area contributed by atoms with E-state index in [9.17, 15) is 26.4 Å². The minimum Gasteiger partial charge on any atom is -0.326 e. The fourth-order valence-electron chi connectivity index (χ4n) is 2.78. The molecule has 0 saturated carbocycles. The molecule has 0 bridgehead atoms. The van der Waals surface area contributed by atoms with Gasteiger partial charge < -0.3 is 5.32 Å². The summed E-state index contributed by atoms with van der Waals surface area (Å²) in [6.45, 7) is 0. The van der Waals surface area contributed by atoms with Crippen molar-refractivity contribution in [3.63, 3.8) is 0 Å². The van der Waals surface area contributed by atoms with Crippen molar-refractivity contribution < 1.29 is 26.4 Å². The standard InChI is InChI=1S/C18H13ClF3N3O3S/c19-14-4-2-1-3-10(14)7-16(26)25-11-8-12-13(18(20,21)22)5-6-24-17(12)15(9-11)29(23,27)28/h1-6,8-9H,7H2,(H,25,26)(H2,23,27,28). The Bertz CT molecular complexity index is 1210. The SMILES string of the molecule is NS(=O)(=O)c1cc(NC(=O)Cc2ccccc2Cl)cc2c(C(F)(F)F)ccnc12. The molecule has 3 N–H and O–H groups in total. The molecule has 0 atom stereocenters. The van der Waals surface area contributed by atoms with Crippen molar-refractivity contribution in [1.29, 1.82) is 0 Å². The van der Waals surface area contributed by atoms with Crippen molar-refractivity contribution >= 4 is 44.1 Å². The number of anilines is 1. The number of nitrogens with two attached hydrogens (primary N) is 1. The molecule has 1 heterocycles. The Kier molecular flexibility index (Phi) is 5.52. The van der Waals surface area contributed by atoms with Crippen LogP contribution in [0.1, 0.15) is 11.1 Å². The average Bonchev–Trinajstić information content (AvgIpc) is 2.61. The first kappa shape index (κ1) is 21.0. The number of carbonyl (C=O) groups excluding carboxylic acids is 1. The van der Waals surface area contributed by atoms with Crippen molar-refractivity contribution in [2.75, 3.05) is 5.32 Å². The molecule has 152 valence electrons. The van der Waals surface area contributed by atoms with Gasteiger partial charge in [0.2, 0.25) is 15.9 Å². The van der Waals surface area contributed by atoms with E-state index in [2.05, 4.69) is 10.3 Å². The number of aromatic nitrogens is 1. The van der Waals surface area contributed by atoms with E-state index in [1.165, 1.54) is 0 Å². The monoisotopic (exact) mass is 443 g/mol. The maximum absolute atomic E-state index is 13.4. The van der Waals surface area contributed by atoms with Crippen LogP contribution in [0, 0.1) is 0 Å². The van der Waals surface area contributed by atoms with E-state index in [1.807, 2.05) is 0 Å². The predicted molar refractivity (Wildman–Crippen MR) is 102 cm³/mol. The van der Waals surface area contributed by atoms with Gasteiger partial charge in [0.1, 0.15) is 4.90 Å². The van der Waals surface area contributed by atoms with Crippen molar-refractivity contribution in [2.45, 2.75) is 17.5 Å². The van der Waals surface area contributed by atoms with Gasteiger partial charge >= 0.3 is 6.18 Å². The number of hydrogen-bond acceptors (Lipinski definition) is 4. The van der Waals surface area contributed by atoms with Gasteiger partial charge in [0.05, 0.1) is 17.5 Å². The van der Waals surface area contributed by atoms with E-state index in [0.717, 1.165) is 18.3 Å². The summed E-state index contributed by atoms with van der Waals surface area (Å²) in [5, 5.41) is 7.38. The zero-order chi connectivity index (χ0) is 21.4. The minimum absolute atomic E-state index is 0.165. The maximum atomic E-state index is 13.4. The summed E-state index contributed by atoms with van der Waals surface area (Å²) in [5.74, 6) is -0.602. The normalized spacial score (nSPS) is 12.2. The molecule has 2 aromatic carbocycles. The number of rotatable bonds is 4. The lowest BCUT2D eigenvalue weighted by Crippen LogP contribution is -2.18. The third kappa shape index (κ3) is 4.66. The number of benzene rings is 2. The molecule has 6 nitrogen and oxygen atoms in total. The number of halogens is 4. The Morgan fingerprint density at radius 2 is 1.86 bits per heavy atom. The van der Waals surface area contributed by atoms with E-state index >= 15 is 0 Å². The third-order valence-electron chi connectivity index (χ3n) is 4.01. The van der Waals surface area contributed by atoms with Gasteiger partial charge in [0.15, 0.2) is 0 Å². The predicted octanol–water partition coefficient (Wildman–Crippen LogP) is 3.74. The summed E-state index contributed by atoms with van der Waals surface area (Å²) in [4.78, 5) is 15.4. The molecule has 0 aliphatic rings. The maximum Gasteiger partial charge on any atom is 0.417 e. The average molecular weight is 444 g/mol. The smallest absolute Gasteiger partial charge is 0.326 e. The van der Waals surface area contributed by atoms with E-state index < -0.39 is 43.5 Å². The van der Waals surface area contributed by atoms with Crippen molar-refractivity contribution in [3.8, 4) is 0 Å². The lowest BCUT2D eigenvalue weighted by atomic mass is 10.1. The molecule has 29 heavy (non-hydrogen) atoms. The Balaban J connectivity index is 2.08. The Morgan fingerprint density at radius 3 is 2.48 bits per heavy atom. The van der Waals surface area contributed by atoms with Crippen molar-refractivity contribution in [2.24, 2.45) is 5.14 Å². The van der Waals surface area contributed by atoms with Crippen LogP contribution in [0.2, 0.25) is 5.02 Å². The van der Waals surface area contributed by atoms with E-state index in [1.54, 1.807) is 24.3 Å². The zero-order valence-corrected chi connectivity index (χ0v) is 16.1. The zero-order valence-electron chi connectivity index (χ0n) is 14.5. The molecule has 0 aliphatic carbocycles. The van der Waals surface area contributed by atoms with Crippen LogP contribution in [0.3, 0.4) is 0 Å². The molecule has 1 aromatic heterocycles. The molecule has 1 amide bonds. The van der Waals surface area contributed by atoms with E-state index in [-0.39, 0.29) is 12.1 Å². The number of nitrogens with zero attached hydrogens (tertiary/aromatic N) is 1. The van der Waals surface area contributed by atoms with Gasteiger partial charge in [-0.2, -0.15) is 13.2 Å². The second-order valence-corrected chi connectivity index (χ2v) is 8.03. The summed E-state index contributed by atoms with van der Waals surface area (Å²) >= 11 is 6.00. The number of carbonyl (C=O) groups is 1. The second-order valence-electron chi connectivity index (χ2n) is 6.09. The summed E-state index contributed by atoms with van der Waals surface area (Å²) < 4.78 is 63.9. The lowest BCUT2D eigenvalue weighted by molar-refractivity contribution is -0.136. The van der Waals surface area contributed by atoms with Gasteiger partial charge in [0.25, 0.3) is 0 Å². The fourth-order valence-corrected chi connectivity index (χ4v) is 3.70. The van der Waals surface area contributed by atoms with Crippen molar-refractivity contribution in [3.05, 3.63) is 64.8 Å². The number of hydrogen-bond donors (Lipinski definition) is 2. The number of nitrogens with one attached hydrogen (secondary N) is 1. The summed E-state index contributed by atoms with van der Waals surface area (Å²) in [6.07, 6.45) is -4.09. The summed E-state index contributed by atoms with van der Waals surface area (Å²) in [7, 11) is -4.42. The van der Waals surface area contributed by atoms with Gasteiger partial charge in [0, 0.05) is 22.3 Å². The number of fused-ring (bicyclic) bond motifs is 1. The molecule has 0 aliphatic heterocycles. The molecule has 0 unspecified atom stereocenters. The Labute approximate surface area is 168 Å². The van der Waals surface area contributed by atoms with E-state index in [0.29, 0.717) is 16.7 Å². The molecular weight excluding hydrogens is 431 g/mol. The summed E-state index contributed by atoms with van der Waals surface area (Å²) in [5.41, 5.74) is -1.21. The van der Waals surface area contributed by atoms with Crippen LogP contribution in [-0.4, -0.2) is 19.3 Å². The van der Waals surface area contributed by atoms with Crippen LogP contribution >= 0.6 is 11.6 Å². The highest BCUT2D eigenvalue weighted by atomic mass is 35.5.